The van der Waals surface area contributed by atoms with Crippen molar-refractivity contribution in [3.8, 4) is 0 Å². The minimum Gasteiger partial charge on any atom is -0.479 e. The van der Waals surface area contributed by atoms with Crippen molar-refractivity contribution in [1.82, 2.24) is 19.5 Å². The Morgan fingerprint density at radius 1 is 1.48 bits per heavy atom. The van der Waals surface area contributed by atoms with Gasteiger partial charge in [0.05, 0.1) is 12.7 Å². The quantitative estimate of drug-likeness (QED) is 0.879. The maximum absolute atomic E-state index is 14.0. The van der Waals surface area contributed by atoms with Gasteiger partial charge in [0.25, 0.3) is 5.91 Å². The summed E-state index contributed by atoms with van der Waals surface area (Å²) in [5.74, 6) is -1.99. The fourth-order valence-corrected chi connectivity index (χ4v) is 2.40. The van der Waals surface area contributed by atoms with Crippen molar-refractivity contribution in [3.63, 3.8) is 0 Å². The molecular formula is C13H13FN4O3. The maximum atomic E-state index is 14.0. The van der Waals surface area contributed by atoms with Gasteiger partial charge in [-0.2, -0.15) is 5.10 Å². The molecule has 2 aromatic rings. The monoisotopic (exact) mass is 292 g/mol. The van der Waals surface area contributed by atoms with Crippen molar-refractivity contribution < 1.29 is 19.1 Å². The largest absolute Gasteiger partial charge is 0.479 e. The number of carbonyl (C=O) groups excluding carboxylic acids is 1. The number of rotatable bonds is 2. The van der Waals surface area contributed by atoms with Crippen molar-refractivity contribution >= 4 is 17.5 Å². The summed E-state index contributed by atoms with van der Waals surface area (Å²) in [5, 5.41) is 12.9. The number of nitrogens with zero attached hydrogens (tertiary/aromatic N) is 4. The molecule has 110 valence electrons. The summed E-state index contributed by atoms with van der Waals surface area (Å²) in [4.78, 5) is 28.7. The van der Waals surface area contributed by atoms with Crippen LogP contribution in [0.3, 0.4) is 0 Å². The zero-order chi connectivity index (χ0) is 15.2. The molecule has 0 spiro atoms. The normalized spacial score (nSPS) is 21.9. The highest BCUT2D eigenvalue weighted by Crippen LogP contribution is 2.27. The zero-order valence-corrected chi connectivity index (χ0v) is 11.3. The van der Waals surface area contributed by atoms with Crippen molar-refractivity contribution in [2.24, 2.45) is 0 Å². The molecule has 0 bridgehead atoms. The first-order valence-electron chi connectivity index (χ1n) is 6.43. The minimum atomic E-state index is -2.37. The Kier molecular flexibility index (Phi) is 2.89. The standard InChI is InChI=1S/C13H13FN4O3/c1-8-2-4-18-10(16-8)9(6-15-18)11(19)17-5-3-13(14,7-17)12(20)21/h2,4,6H,3,5,7H2,1H3,(H,20,21). The summed E-state index contributed by atoms with van der Waals surface area (Å²) in [7, 11) is 0. The molecule has 3 heterocycles. The first-order valence-corrected chi connectivity index (χ1v) is 6.43. The van der Waals surface area contributed by atoms with Crippen LogP contribution in [-0.4, -0.2) is 55.2 Å². The molecule has 0 saturated carbocycles. The lowest BCUT2D eigenvalue weighted by molar-refractivity contribution is -0.149. The Balaban J connectivity index is 1.92. The molecule has 8 heteroatoms. The van der Waals surface area contributed by atoms with Gasteiger partial charge in [-0.25, -0.2) is 18.7 Å². The maximum Gasteiger partial charge on any atom is 0.343 e. The summed E-state index contributed by atoms with van der Waals surface area (Å²) in [5.41, 5.74) is -1.02. The molecule has 1 fully saturated rings. The third-order valence-corrected chi connectivity index (χ3v) is 3.63. The summed E-state index contributed by atoms with van der Waals surface area (Å²) in [6.45, 7) is 1.39. The third-order valence-electron chi connectivity index (χ3n) is 3.63. The smallest absolute Gasteiger partial charge is 0.343 e. The number of aliphatic carboxylic acids is 1. The highest BCUT2D eigenvalue weighted by atomic mass is 19.1. The van der Waals surface area contributed by atoms with Crippen LogP contribution in [0.5, 0.6) is 0 Å². The molecule has 1 aliphatic heterocycles. The molecule has 1 atom stereocenters. The van der Waals surface area contributed by atoms with Gasteiger partial charge < -0.3 is 10.0 Å². The molecule has 0 aliphatic carbocycles. The zero-order valence-electron chi connectivity index (χ0n) is 11.3. The summed E-state index contributed by atoms with van der Waals surface area (Å²) in [6, 6.07) is 1.75. The first kappa shape index (κ1) is 13.5. The van der Waals surface area contributed by atoms with Crippen molar-refractivity contribution in [2.45, 2.75) is 19.0 Å². The van der Waals surface area contributed by atoms with Crippen LogP contribution in [0.25, 0.3) is 5.65 Å². The summed E-state index contributed by atoms with van der Waals surface area (Å²) < 4.78 is 15.5. The fraction of sp³-hybridized carbons (Fsp3) is 0.385. The number of carboxylic acids is 1. The van der Waals surface area contributed by atoms with E-state index in [0.29, 0.717) is 5.65 Å². The van der Waals surface area contributed by atoms with Crippen LogP contribution in [0.4, 0.5) is 4.39 Å². The Labute approximate surface area is 119 Å². The lowest BCUT2D eigenvalue weighted by Crippen LogP contribution is -2.38. The molecule has 1 saturated heterocycles. The number of halogens is 1. The van der Waals surface area contributed by atoms with Gasteiger partial charge in [-0.15, -0.1) is 0 Å². The molecule has 7 nitrogen and oxygen atoms in total. The van der Waals surface area contributed by atoms with Crippen LogP contribution < -0.4 is 0 Å². The fourth-order valence-electron chi connectivity index (χ4n) is 2.40. The predicted molar refractivity (Wildman–Crippen MR) is 69.7 cm³/mol. The second-order valence-corrected chi connectivity index (χ2v) is 5.14. The number of aromatic nitrogens is 3. The Hall–Kier alpha value is -2.51. The number of fused-ring (bicyclic) bond motifs is 1. The van der Waals surface area contributed by atoms with Gasteiger partial charge in [0.15, 0.2) is 5.65 Å². The Bertz CT molecular complexity index is 744. The van der Waals surface area contributed by atoms with E-state index in [2.05, 4.69) is 10.1 Å². The van der Waals surface area contributed by atoms with Crippen LogP contribution in [0.1, 0.15) is 22.5 Å². The molecule has 3 rings (SSSR count). The predicted octanol–water partition coefficient (Wildman–Crippen LogP) is 0.677. The topological polar surface area (TPSA) is 87.8 Å². The van der Waals surface area contributed by atoms with Crippen molar-refractivity contribution in [1.29, 1.82) is 0 Å². The number of likely N-dealkylation sites (tertiary alicyclic amines) is 1. The van der Waals surface area contributed by atoms with Gasteiger partial charge in [0.2, 0.25) is 5.67 Å². The summed E-state index contributed by atoms with van der Waals surface area (Å²) in [6.07, 6.45) is 2.83. The van der Waals surface area contributed by atoms with Gasteiger partial charge in [0.1, 0.15) is 5.56 Å². The third kappa shape index (κ3) is 2.12. The second-order valence-electron chi connectivity index (χ2n) is 5.14. The van der Waals surface area contributed by atoms with E-state index in [1.807, 2.05) is 0 Å². The van der Waals surface area contributed by atoms with Crippen LogP contribution in [-0.2, 0) is 4.79 Å². The van der Waals surface area contributed by atoms with E-state index in [-0.39, 0.29) is 18.5 Å². The number of carbonyl (C=O) groups is 2. The van der Waals surface area contributed by atoms with Crippen LogP contribution in [0, 0.1) is 6.92 Å². The number of aryl methyl sites for hydroxylation is 1. The van der Waals surface area contributed by atoms with Crippen LogP contribution >= 0.6 is 0 Å². The molecule has 1 N–H and O–H groups in total. The van der Waals surface area contributed by atoms with E-state index < -0.39 is 24.1 Å². The van der Waals surface area contributed by atoms with Crippen molar-refractivity contribution in [3.05, 3.63) is 29.7 Å². The van der Waals surface area contributed by atoms with Crippen LogP contribution in [0.2, 0.25) is 0 Å². The molecule has 0 radical (unpaired) electrons. The van der Waals surface area contributed by atoms with E-state index in [1.54, 1.807) is 19.2 Å². The number of hydrogen-bond donors (Lipinski definition) is 1. The van der Waals surface area contributed by atoms with Crippen molar-refractivity contribution in [2.75, 3.05) is 13.1 Å². The minimum absolute atomic E-state index is 0.0603. The number of alkyl halides is 1. The average molecular weight is 292 g/mol. The van der Waals surface area contributed by atoms with E-state index in [4.69, 9.17) is 5.11 Å². The second kappa shape index (κ2) is 4.51. The molecule has 2 aromatic heterocycles. The highest BCUT2D eigenvalue weighted by Gasteiger charge is 2.47. The van der Waals surface area contributed by atoms with E-state index in [0.717, 1.165) is 5.69 Å². The van der Waals surface area contributed by atoms with Gasteiger partial charge in [-0.1, -0.05) is 0 Å². The SMILES string of the molecule is Cc1ccn2ncc(C(=O)N3CCC(F)(C(=O)O)C3)c2n1. The number of hydrogen-bond acceptors (Lipinski definition) is 4. The Morgan fingerprint density at radius 2 is 2.24 bits per heavy atom. The van der Waals surface area contributed by atoms with Gasteiger partial charge in [0, 0.05) is 24.9 Å². The van der Waals surface area contributed by atoms with E-state index in [9.17, 15) is 14.0 Å². The highest BCUT2D eigenvalue weighted by molar-refractivity contribution is 6.00. The molecule has 1 aliphatic rings. The molecule has 21 heavy (non-hydrogen) atoms. The molecule has 1 unspecified atom stereocenters. The Morgan fingerprint density at radius 3 is 2.90 bits per heavy atom. The number of amides is 1. The van der Waals surface area contributed by atoms with Gasteiger partial charge in [-0.3, -0.25) is 4.79 Å². The van der Waals surface area contributed by atoms with Gasteiger partial charge in [-0.05, 0) is 13.0 Å². The lowest BCUT2D eigenvalue weighted by atomic mass is 10.1. The van der Waals surface area contributed by atoms with E-state index >= 15 is 0 Å². The summed E-state index contributed by atoms with van der Waals surface area (Å²) >= 11 is 0. The van der Waals surface area contributed by atoms with Gasteiger partial charge >= 0.3 is 5.97 Å². The lowest BCUT2D eigenvalue weighted by Gasteiger charge is -2.17. The molecule has 1 amide bonds. The first-order chi connectivity index (χ1) is 9.90. The number of carboxylic acid groups (broad SMARTS) is 1. The molecule has 0 aromatic carbocycles. The van der Waals surface area contributed by atoms with E-state index in [1.165, 1.54) is 15.6 Å². The average Bonchev–Trinajstić information content (AvgIpc) is 3.02. The molecular weight excluding hydrogens is 279 g/mol. The van der Waals surface area contributed by atoms with Crippen LogP contribution in [0.15, 0.2) is 18.5 Å².